The van der Waals surface area contributed by atoms with Crippen molar-refractivity contribution in [2.75, 3.05) is 39.3 Å². The van der Waals surface area contributed by atoms with E-state index in [9.17, 15) is 22.8 Å². The van der Waals surface area contributed by atoms with Crippen LogP contribution in [0, 0.1) is 0 Å². The van der Waals surface area contributed by atoms with Crippen molar-refractivity contribution in [1.29, 1.82) is 0 Å². The number of thiazole rings is 1. The Morgan fingerprint density at radius 1 is 1.03 bits per heavy atom. The first-order valence-corrected chi connectivity index (χ1v) is 11.9. The minimum Gasteiger partial charge on any atom is -0.336 e. The summed E-state index contributed by atoms with van der Waals surface area (Å²) in [6, 6.07) is 5.40. The van der Waals surface area contributed by atoms with Crippen LogP contribution in [0.4, 0.5) is 13.2 Å². The number of hydrogen-bond donors (Lipinski definition) is 0. The summed E-state index contributed by atoms with van der Waals surface area (Å²) in [5.74, 6) is -0.260. The summed E-state index contributed by atoms with van der Waals surface area (Å²) in [5.41, 5.74) is 1.48. The van der Waals surface area contributed by atoms with Crippen molar-refractivity contribution in [2.24, 2.45) is 0 Å². The van der Waals surface area contributed by atoms with Crippen molar-refractivity contribution < 1.29 is 22.8 Å². The monoisotopic (exact) mass is 509 g/mol. The number of rotatable bonds is 3. The smallest absolute Gasteiger partial charge is 0.336 e. The van der Waals surface area contributed by atoms with Crippen molar-refractivity contribution in [3.05, 3.63) is 57.1 Å². The van der Waals surface area contributed by atoms with E-state index in [-0.39, 0.29) is 28.4 Å². The van der Waals surface area contributed by atoms with E-state index in [1.807, 2.05) is 0 Å². The quantitative estimate of drug-likeness (QED) is 0.539. The van der Waals surface area contributed by atoms with Gasteiger partial charge in [-0.05, 0) is 24.3 Å². The molecule has 7 nitrogen and oxygen atoms in total. The summed E-state index contributed by atoms with van der Waals surface area (Å²) in [6.07, 6.45) is -4.60. The van der Waals surface area contributed by atoms with E-state index in [4.69, 9.17) is 11.6 Å². The van der Waals surface area contributed by atoms with Crippen LogP contribution in [0.3, 0.4) is 0 Å². The van der Waals surface area contributed by atoms with Gasteiger partial charge < -0.3 is 9.80 Å². The van der Waals surface area contributed by atoms with Crippen molar-refractivity contribution in [1.82, 2.24) is 24.7 Å². The van der Waals surface area contributed by atoms with Crippen LogP contribution in [-0.2, 0) is 6.18 Å². The molecule has 0 aliphatic carbocycles. The molecule has 2 fully saturated rings. The number of carbonyl (C=O) groups excluding carboxylic acids is 2. The van der Waals surface area contributed by atoms with Gasteiger partial charge in [-0.25, -0.2) is 9.97 Å². The fraction of sp³-hybridized carbons (Fsp3) is 0.364. The highest BCUT2D eigenvalue weighted by Gasteiger charge is 2.37. The fourth-order valence-electron chi connectivity index (χ4n) is 4.27. The molecule has 0 atom stereocenters. The Labute approximate surface area is 201 Å². The Morgan fingerprint density at radius 3 is 2.41 bits per heavy atom. The van der Waals surface area contributed by atoms with Crippen molar-refractivity contribution in [3.8, 4) is 0 Å². The van der Waals surface area contributed by atoms with Gasteiger partial charge in [0.15, 0.2) is 0 Å². The van der Waals surface area contributed by atoms with Crippen LogP contribution in [-0.4, -0.2) is 81.8 Å². The van der Waals surface area contributed by atoms with Crippen LogP contribution >= 0.6 is 22.9 Å². The molecule has 4 heterocycles. The number of halogens is 4. The van der Waals surface area contributed by atoms with Gasteiger partial charge in [0.1, 0.15) is 11.4 Å². The van der Waals surface area contributed by atoms with Gasteiger partial charge in [0.2, 0.25) is 0 Å². The van der Waals surface area contributed by atoms with Crippen LogP contribution in [0.15, 0.2) is 35.2 Å². The molecular formula is C22H19ClF3N5O2S. The van der Waals surface area contributed by atoms with E-state index in [0.717, 1.165) is 6.07 Å². The first-order valence-electron chi connectivity index (χ1n) is 10.6. The lowest BCUT2D eigenvalue weighted by molar-refractivity contribution is -0.140. The number of benzene rings is 1. The van der Waals surface area contributed by atoms with E-state index < -0.39 is 11.9 Å². The number of alkyl halides is 3. The Hall–Kier alpha value is -2.76. The molecule has 2 saturated heterocycles. The first-order chi connectivity index (χ1) is 16.2. The second-order valence-electron chi connectivity index (χ2n) is 8.28. The minimum absolute atomic E-state index is 0.0573. The molecule has 2 aliphatic rings. The predicted octanol–water partition coefficient (Wildman–Crippen LogP) is 3.65. The number of hydrogen-bond acceptors (Lipinski definition) is 6. The molecule has 0 unspecified atom stereocenters. The Kier molecular flexibility index (Phi) is 5.95. The molecular weight excluding hydrogens is 491 g/mol. The summed E-state index contributed by atoms with van der Waals surface area (Å²) in [5, 5.41) is 1.95. The molecule has 12 heteroatoms. The normalized spacial score (nSPS) is 17.8. The SMILES string of the molecule is O=C(c1ccc2nc(C(F)(F)F)cc(Cl)c2c1)N1CCN(C2CN(C(=O)c3cscn3)C2)CC1. The lowest BCUT2D eigenvalue weighted by Crippen LogP contribution is -2.64. The zero-order valence-electron chi connectivity index (χ0n) is 17.8. The zero-order chi connectivity index (χ0) is 24.0. The number of pyridine rings is 1. The molecule has 0 saturated carbocycles. The lowest BCUT2D eigenvalue weighted by Gasteiger charge is -2.47. The van der Waals surface area contributed by atoms with Gasteiger partial charge in [0.05, 0.1) is 16.0 Å². The van der Waals surface area contributed by atoms with Gasteiger partial charge in [0.25, 0.3) is 11.8 Å². The first kappa shape index (κ1) is 23.0. The predicted molar refractivity (Wildman–Crippen MR) is 121 cm³/mol. The molecule has 2 amide bonds. The summed E-state index contributed by atoms with van der Waals surface area (Å²) < 4.78 is 38.9. The molecule has 0 radical (unpaired) electrons. The molecule has 0 N–H and O–H groups in total. The largest absolute Gasteiger partial charge is 0.433 e. The van der Waals surface area contributed by atoms with Gasteiger partial charge in [-0.2, -0.15) is 13.2 Å². The Balaban J connectivity index is 1.20. The van der Waals surface area contributed by atoms with Crippen molar-refractivity contribution in [2.45, 2.75) is 12.2 Å². The maximum absolute atomic E-state index is 13.0. The number of nitrogens with zero attached hydrogens (tertiary/aromatic N) is 5. The number of fused-ring (bicyclic) bond motifs is 1. The van der Waals surface area contributed by atoms with Crippen LogP contribution in [0.25, 0.3) is 10.9 Å². The maximum atomic E-state index is 13.0. The average molecular weight is 510 g/mol. The van der Waals surface area contributed by atoms with Crippen molar-refractivity contribution in [3.63, 3.8) is 0 Å². The molecule has 34 heavy (non-hydrogen) atoms. The Bertz CT molecular complexity index is 1240. The van der Waals surface area contributed by atoms with Crippen LogP contribution in [0.1, 0.15) is 26.5 Å². The lowest BCUT2D eigenvalue weighted by atomic mass is 10.0. The molecule has 2 aromatic heterocycles. The van der Waals surface area contributed by atoms with E-state index in [0.29, 0.717) is 55.9 Å². The third-order valence-corrected chi connectivity index (χ3v) is 7.11. The zero-order valence-corrected chi connectivity index (χ0v) is 19.3. The van der Waals surface area contributed by atoms with Crippen molar-refractivity contribution >= 4 is 45.7 Å². The number of piperazine rings is 1. The van der Waals surface area contributed by atoms with Gasteiger partial charge in [0, 0.05) is 61.6 Å². The third-order valence-electron chi connectivity index (χ3n) is 6.21. The summed E-state index contributed by atoms with van der Waals surface area (Å²) in [6.45, 7) is 3.68. The number of amides is 2. The number of carbonyl (C=O) groups is 2. The van der Waals surface area contributed by atoms with E-state index in [1.54, 1.807) is 20.7 Å². The highest BCUT2D eigenvalue weighted by atomic mass is 35.5. The fourth-order valence-corrected chi connectivity index (χ4v) is 5.05. The molecule has 0 bridgehead atoms. The molecule has 5 rings (SSSR count). The summed E-state index contributed by atoms with van der Waals surface area (Å²) in [4.78, 5) is 38.8. The molecule has 1 aromatic carbocycles. The van der Waals surface area contributed by atoms with Gasteiger partial charge >= 0.3 is 6.18 Å². The minimum atomic E-state index is -4.60. The van der Waals surface area contributed by atoms with Crippen LogP contribution in [0.2, 0.25) is 5.02 Å². The average Bonchev–Trinajstić information content (AvgIpc) is 3.32. The highest BCUT2D eigenvalue weighted by Crippen LogP contribution is 2.33. The third kappa shape index (κ3) is 4.35. The highest BCUT2D eigenvalue weighted by molar-refractivity contribution is 7.07. The summed E-state index contributed by atoms with van der Waals surface area (Å²) >= 11 is 7.46. The van der Waals surface area contributed by atoms with Gasteiger partial charge in [-0.1, -0.05) is 11.6 Å². The number of aromatic nitrogens is 2. The van der Waals surface area contributed by atoms with Gasteiger partial charge in [-0.3, -0.25) is 14.5 Å². The van der Waals surface area contributed by atoms with E-state index in [1.165, 1.54) is 29.5 Å². The number of likely N-dealkylation sites (tertiary alicyclic amines) is 1. The van der Waals surface area contributed by atoms with E-state index in [2.05, 4.69) is 14.9 Å². The summed E-state index contributed by atoms with van der Waals surface area (Å²) in [7, 11) is 0. The molecule has 3 aromatic rings. The standard InChI is InChI=1S/C22H19ClF3N5O2S/c23-16-8-19(22(24,25)26)28-17-2-1-13(7-15(16)17)20(32)30-5-3-29(4-6-30)14-9-31(10-14)21(33)18-11-34-12-27-18/h1-2,7-8,11-12,14H,3-6,9-10H2. The second kappa shape index (κ2) is 8.79. The van der Waals surface area contributed by atoms with Crippen LogP contribution < -0.4 is 0 Å². The molecule has 0 spiro atoms. The Morgan fingerprint density at radius 2 is 1.76 bits per heavy atom. The van der Waals surface area contributed by atoms with Crippen LogP contribution in [0.5, 0.6) is 0 Å². The van der Waals surface area contributed by atoms with Gasteiger partial charge in [-0.15, -0.1) is 11.3 Å². The topological polar surface area (TPSA) is 69.6 Å². The molecule has 2 aliphatic heterocycles. The maximum Gasteiger partial charge on any atom is 0.433 e. The van der Waals surface area contributed by atoms with E-state index >= 15 is 0 Å². The molecule has 178 valence electrons. The second-order valence-corrected chi connectivity index (χ2v) is 9.41.